The zero-order chi connectivity index (χ0) is 25.8. The first-order chi connectivity index (χ1) is 17.3. The van der Waals surface area contributed by atoms with Gasteiger partial charge in [-0.2, -0.15) is 0 Å². The highest BCUT2D eigenvalue weighted by Crippen LogP contribution is 2.37. The minimum atomic E-state index is -0.993. The second-order valence-electron chi connectivity index (χ2n) is 7.53. The van der Waals surface area contributed by atoms with E-state index in [1.165, 1.54) is 37.4 Å². The average Bonchev–Trinajstić information content (AvgIpc) is 2.86. The topological polar surface area (TPSA) is 128 Å². The van der Waals surface area contributed by atoms with Gasteiger partial charge in [-0.3, -0.25) is 25.0 Å². The molecular formula is C25H18ClN3O7. The number of amides is 4. The third kappa shape index (κ3) is 5.03. The second-order valence-corrected chi connectivity index (χ2v) is 7.96. The van der Waals surface area contributed by atoms with E-state index in [9.17, 15) is 24.5 Å². The molecule has 1 aliphatic rings. The predicted molar refractivity (Wildman–Crippen MR) is 131 cm³/mol. The summed E-state index contributed by atoms with van der Waals surface area (Å²) in [5, 5.41) is 14.3. The summed E-state index contributed by atoms with van der Waals surface area (Å²) in [6, 6.07) is 16.5. The van der Waals surface area contributed by atoms with Gasteiger partial charge in [-0.05, 0) is 42.0 Å². The lowest BCUT2D eigenvalue weighted by atomic mass is 10.0. The Morgan fingerprint density at radius 1 is 1.03 bits per heavy atom. The van der Waals surface area contributed by atoms with Crippen molar-refractivity contribution in [1.29, 1.82) is 0 Å². The van der Waals surface area contributed by atoms with Crippen LogP contribution in [0.4, 0.5) is 16.2 Å². The number of carbonyl (C=O) groups excluding carboxylic acids is 3. The van der Waals surface area contributed by atoms with Crippen molar-refractivity contribution in [1.82, 2.24) is 5.32 Å². The summed E-state index contributed by atoms with van der Waals surface area (Å²) in [7, 11) is 1.35. The van der Waals surface area contributed by atoms with E-state index in [2.05, 4.69) is 5.32 Å². The molecule has 0 bridgehead atoms. The minimum Gasteiger partial charge on any atom is -0.493 e. The molecule has 182 valence electrons. The first kappa shape index (κ1) is 24.4. The summed E-state index contributed by atoms with van der Waals surface area (Å²) < 4.78 is 11.1. The number of anilines is 1. The van der Waals surface area contributed by atoms with Crippen LogP contribution in [0.25, 0.3) is 6.08 Å². The lowest BCUT2D eigenvalue weighted by molar-refractivity contribution is -0.385. The van der Waals surface area contributed by atoms with Crippen LogP contribution in [0.3, 0.4) is 0 Å². The standard InChI is InChI=1S/C25H18ClN3O7/c1-35-21-12-16(20(29(33)34)13-22(21)36-14-15-5-3-2-4-6-15)11-19-23(30)27-25(32)28(24(19)31)18-9-7-17(26)8-10-18/h2-13H,14H2,1H3,(H,27,30,32)/b19-11+. The zero-order valence-electron chi connectivity index (χ0n) is 18.8. The van der Waals surface area contributed by atoms with Gasteiger partial charge in [0.05, 0.1) is 29.4 Å². The van der Waals surface area contributed by atoms with Gasteiger partial charge in [-0.15, -0.1) is 0 Å². The highest BCUT2D eigenvalue weighted by molar-refractivity contribution is 6.39. The Kier molecular flexibility index (Phi) is 6.98. The molecule has 3 aromatic rings. The Bertz CT molecular complexity index is 1390. The largest absolute Gasteiger partial charge is 0.493 e. The molecule has 3 aromatic carbocycles. The van der Waals surface area contributed by atoms with Crippen LogP contribution in [0, 0.1) is 10.1 Å². The van der Waals surface area contributed by atoms with Crippen molar-refractivity contribution in [3.8, 4) is 11.5 Å². The van der Waals surface area contributed by atoms with Crippen LogP contribution in [0.5, 0.6) is 11.5 Å². The summed E-state index contributed by atoms with van der Waals surface area (Å²) in [5.74, 6) is -1.69. The van der Waals surface area contributed by atoms with E-state index in [4.69, 9.17) is 21.1 Å². The minimum absolute atomic E-state index is 0.0900. The fourth-order valence-electron chi connectivity index (χ4n) is 3.48. The predicted octanol–water partition coefficient (Wildman–Crippen LogP) is 4.50. The molecular weight excluding hydrogens is 490 g/mol. The van der Waals surface area contributed by atoms with Crippen molar-refractivity contribution in [2.75, 3.05) is 12.0 Å². The maximum atomic E-state index is 13.1. The molecule has 1 N–H and O–H groups in total. The SMILES string of the molecule is COc1cc(/C=C2\C(=O)NC(=O)N(c3ccc(Cl)cc3)C2=O)c([N+](=O)[O-])cc1OCc1ccccc1. The Labute approximate surface area is 209 Å². The van der Waals surface area contributed by atoms with Gasteiger partial charge >= 0.3 is 6.03 Å². The highest BCUT2D eigenvalue weighted by atomic mass is 35.5. The highest BCUT2D eigenvalue weighted by Gasteiger charge is 2.37. The number of rotatable bonds is 7. The number of nitrogens with one attached hydrogen (secondary N) is 1. The maximum absolute atomic E-state index is 13.1. The molecule has 1 fully saturated rings. The number of ether oxygens (including phenoxy) is 2. The van der Waals surface area contributed by atoms with Gasteiger partial charge in [0.1, 0.15) is 12.2 Å². The quantitative estimate of drug-likeness (QED) is 0.216. The molecule has 0 spiro atoms. The molecule has 1 heterocycles. The van der Waals surface area contributed by atoms with Crippen LogP contribution in [0.15, 0.2) is 72.3 Å². The van der Waals surface area contributed by atoms with Gasteiger partial charge < -0.3 is 9.47 Å². The van der Waals surface area contributed by atoms with Gasteiger partial charge in [0, 0.05) is 5.02 Å². The summed E-state index contributed by atoms with van der Waals surface area (Å²) >= 11 is 5.87. The fourth-order valence-corrected chi connectivity index (χ4v) is 3.61. The molecule has 0 atom stereocenters. The Hall–Kier alpha value is -4.70. The number of hydrogen-bond acceptors (Lipinski definition) is 7. The normalized spacial score (nSPS) is 14.6. The average molecular weight is 508 g/mol. The van der Waals surface area contributed by atoms with E-state index in [1.807, 2.05) is 30.3 Å². The van der Waals surface area contributed by atoms with Crippen molar-refractivity contribution < 1.29 is 28.8 Å². The molecule has 1 saturated heterocycles. The van der Waals surface area contributed by atoms with Gasteiger partial charge in [-0.1, -0.05) is 41.9 Å². The number of barbiturate groups is 1. The lowest BCUT2D eigenvalue weighted by Crippen LogP contribution is -2.54. The van der Waals surface area contributed by atoms with Crippen LogP contribution >= 0.6 is 11.6 Å². The number of nitro benzene ring substituents is 1. The number of imide groups is 2. The molecule has 4 rings (SSSR count). The number of nitro groups is 1. The van der Waals surface area contributed by atoms with Crippen LogP contribution in [0.1, 0.15) is 11.1 Å². The van der Waals surface area contributed by atoms with E-state index in [-0.39, 0.29) is 29.4 Å². The molecule has 1 aliphatic heterocycles. The van der Waals surface area contributed by atoms with Crippen LogP contribution in [-0.2, 0) is 16.2 Å². The number of methoxy groups -OCH3 is 1. The third-order valence-electron chi connectivity index (χ3n) is 5.23. The van der Waals surface area contributed by atoms with E-state index >= 15 is 0 Å². The number of nitrogens with zero attached hydrogens (tertiary/aromatic N) is 2. The van der Waals surface area contributed by atoms with Gasteiger partial charge in [0.25, 0.3) is 17.5 Å². The molecule has 0 unspecified atom stereocenters. The third-order valence-corrected chi connectivity index (χ3v) is 5.49. The fraction of sp³-hybridized carbons (Fsp3) is 0.0800. The molecule has 0 saturated carbocycles. The molecule has 0 aliphatic carbocycles. The number of carbonyl (C=O) groups is 3. The van der Waals surface area contributed by atoms with Crippen LogP contribution < -0.4 is 19.7 Å². The van der Waals surface area contributed by atoms with E-state index in [0.29, 0.717) is 5.02 Å². The number of urea groups is 1. The molecule has 4 amide bonds. The van der Waals surface area contributed by atoms with E-state index < -0.39 is 34.0 Å². The van der Waals surface area contributed by atoms with Crippen LogP contribution in [0.2, 0.25) is 5.02 Å². The van der Waals surface area contributed by atoms with E-state index in [1.54, 1.807) is 0 Å². The maximum Gasteiger partial charge on any atom is 0.335 e. The zero-order valence-corrected chi connectivity index (χ0v) is 19.5. The van der Waals surface area contributed by atoms with Crippen molar-refractivity contribution in [2.24, 2.45) is 0 Å². The first-order valence-electron chi connectivity index (χ1n) is 10.5. The molecule has 0 aromatic heterocycles. The molecule has 11 heteroatoms. The van der Waals surface area contributed by atoms with Gasteiger partial charge in [0.15, 0.2) is 11.5 Å². The number of hydrogen-bond donors (Lipinski definition) is 1. The molecule has 10 nitrogen and oxygen atoms in total. The summed E-state index contributed by atoms with van der Waals surface area (Å²) in [4.78, 5) is 49.9. The number of benzene rings is 3. The van der Waals surface area contributed by atoms with Crippen molar-refractivity contribution >= 4 is 46.9 Å². The van der Waals surface area contributed by atoms with Gasteiger partial charge in [0.2, 0.25) is 0 Å². The second kappa shape index (κ2) is 10.3. The summed E-state index contributed by atoms with van der Waals surface area (Å²) in [6.07, 6.45) is 1.04. The summed E-state index contributed by atoms with van der Waals surface area (Å²) in [5.41, 5.74) is 0.00394. The molecule has 0 radical (unpaired) electrons. The molecule has 36 heavy (non-hydrogen) atoms. The monoisotopic (exact) mass is 507 g/mol. The van der Waals surface area contributed by atoms with Crippen molar-refractivity contribution in [3.63, 3.8) is 0 Å². The van der Waals surface area contributed by atoms with Crippen molar-refractivity contribution in [2.45, 2.75) is 6.61 Å². The van der Waals surface area contributed by atoms with Gasteiger partial charge in [-0.25, -0.2) is 9.69 Å². The summed E-state index contributed by atoms with van der Waals surface area (Å²) in [6.45, 7) is 0.133. The lowest BCUT2D eigenvalue weighted by Gasteiger charge is -2.26. The Morgan fingerprint density at radius 2 is 1.72 bits per heavy atom. The van der Waals surface area contributed by atoms with Crippen LogP contribution in [-0.4, -0.2) is 29.9 Å². The first-order valence-corrected chi connectivity index (χ1v) is 10.9. The smallest absolute Gasteiger partial charge is 0.335 e. The van der Waals surface area contributed by atoms with E-state index in [0.717, 1.165) is 22.6 Å². The Balaban J connectivity index is 1.72. The Morgan fingerprint density at radius 3 is 2.36 bits per heavy atom. The number of halogens is 1. The van der Waals surface area contributed by atoms with Crippen molar-refractivity contribution in [3.05, 3.63) is 98.6 Å².